The molecule has 10 nitrogen and oxygen atoms in total. The summed E-state index contributed by atoms with van der Waals surface area (Å²) in [4.78, 5) is 57.2. The van der Waals surface area contributed by atoms with E-state index in [4.69, 9.17) is 9.47 Å². The number of hydrogen-bond donors (Lipinski definition) is 2. The number of nitrogens with one attached hydrogen (secondary N) is 2. The van der Waals surface area contributed by atoms with Crippen LogP contribution in [0.5, 0.6) is 0 Å². The minimum absolute atomic E-state index is 0.101. The number of β-lactam (4-membered cyclic amide) rings is 1. The van der Waals surface area contributed by atoms with Crippen LogP contribution in [0.3, 0.4) is 0 Å². The van der Waals surface area contributed by atoms with Crippen LogP contribution >= 0.6 is 0 Å². The first-order valence-corrected chi connectivity index (χ1v) is 14.7. The van der Waals surface area contributed by atoms with Crippen molar-refractivity contribution in [3.05, 3.63) is 95.8 Å². The van der Waals surface area contributed by atoms with Crippen molar-refractivity contribution in [2.45, 2.75) is 58.0 Å². The number of hydrogen-bond acceptors (Lipinski definition) is 7. The number of unbranched alkanes of at least 4 members (excludes halogenated alkanes) is 3. The Hall–Kier alpha value is -4.73. The number of imide groups is 1. The number of carbonyl (C=O) groups is 4. The van der Waals surface area contributed by atoms with E-state index in [-0.39, 0.29) is 13.0 Å². The van der Waals surface area contributed by atoms with Crippen molar-refractivity contribution < 1.29 is 28.7 Å². The van der Waals surface area contributed by atoms with E-state index in [0.29, 0.717) is 17.9 Å². The lowest BCUT2D eigenvalue weighted by atomic mass is 9.82. The molecule has 4 amide bonds. The fourth-order valence-electron chi connectivity index (χ4n) is 5.08. The fraction of sp³-hybridized carbons (Fsp3) is 0.364. The molecule has 2 heterocycles. The molecule has 3 aromatic rings. The van der Waals surface area contributed by atoms with Gasteiger partial charge in [-0.3, -0.25) is 15.1 Å². The van der Waals surface area contributed by atoms with E-state index in [1.54, 1.807) is 19.2 Å². The molecule has 0 unspecified atom stereocenters. The number of amides is 4. The number of likely N-dealkylation sites (tertiary alicyclic amines) is 1. The molecule has 2 N–H and O–H groups in total. The van der Waals surface area contributed by atoms with Gasteiger partial charge in [0.05, 0.1) is 37.1 Å². The molecule has 0 bridgehead atoms. The number of nitrogens with zero attached hydrogens (tertiary/aromatic N) is 2. The zero-order valence-corrected chi connectivity index (χ0v) is 24.5. The van der Waals surface area contributed by atoms with Crippen LogP contribution in [0.2, 0.25) is 0 Å². The number of pyridine rings is 1. The van der Waals surface area contributed by atoms with Crippen molar-refractivity contribution in [2.75, 3.05) is 18.5 Å². The third-order valence-corrected chi connectivity index (χ3v) is 7.22. The summed E-state index contributed by atoms with van der Waals surface area (Å²) in [5, 5.41) is 5.59. The van der Waals surface area contributed by atoms with Crippen molar-refractivity contribution in [3.63, 3.8) is 0 Å². The highest BCUT2D eigenvalue weighted by molar-refractivity contribution is 6.08. The molecule has 2 aromatic carbocycles. The SMILES string of the molecule is CCCCCCOC(=O)Nc1cncc(C[C@H]2C(=O)N(C(=O)NC(c3ccccc3)c3ccccc3)[C@@H]2C(=O)OCC)c1. The van der Waals surface area contributed by atoms with E-state index in [1.807, 2.05) is 60.7 Å². The van der Waals surface area contributed by atoms with Crippen LogP contribution in [0, 0.1) is 5.92 Å². The maximum Gasteiger partial charge on any atom is 0.411 e. The summed E-state index contributed by atoms with van der Waals surface area (Å²) in [6.45, 7) is 4.20. The van der Waals surface area contributed by atoms with E-state index in [2.05, 4.69) is 22.5 Å². The number of rotatable bonds is 13. The number of urea groups is 1. The molecule has 1 aliphatic rings. The van der Waals surface area contributed by atoms with Gasteiger partial charge in [-0.2, -0.15) is 0 Å². The average Bonchev–Trinajstić information content (AvgIpc) is 3.02. The summed E-state index contributed by atoms with van der Waals surface area (Å²) in [5.74, 6) is -1.99. The lowest BCUT2D eigenvalue weighted by molar-refractivity contribution is -0.169. The Labute approximate surface area is 251 Å². The lowest BCUT2D eigenvalue weighted by Crippen LogP contribution is -2.69. The normalized spacial score (nSPS) is 15.9. The Morgan fingerprint density at radius 3 is 2.21 bits per heavy atom. The van der Waals surface area contributed by atoms with Gasteiger partial charge in [0.2, 0.25) is 5.91 Å². The molecule has 4 rings (SSSR count). The first kappa shape index (κ1) is 31.2. The topological polar surface area (TPSA) is 127 Å². The van der Waals surface area contributed by atoms with Crippen LogP contribution in [0.15, 0.2) is 79.1 Å². The number of ether oxygens (including phenoxy) is 2. The first-order chi connectivity index (χ1) is 20.9. The molecule has 0 radical (unpaired) electrons. The Bertz CT molecular complexity index is 1340. The monoisotopic (exact) mass is 586 g/mol. The molecule has 1 fully saturated rings. The number of aromatic nitrogens is 1. The van der Waals surface area contributed by atoms with Gasteiger partial charge >= 0.3 is 18.1 Å². The van der Waals surface area contributed by atoms with Crippen LogP contribution in [0.1, 0.15) is 62.3 Å². The molecular weight excluding hydrogens is 548 g/mol. The van der Waals surface area contributed by atoms with Crippen LogP contribution in [0.4, 0.5) is 15.3 Å². The van der Waals surface area contributed by atoms with Gasteiger partial charge in [-0.15, -0.1) is 0 Å². The Balaban J connectivity index is 1.45. The second-order valence-electron chi connectivity index (χ2n) is 10.3. The first-order valence-electron chi connectivity index (χ1n) is 14.7. The Kier molecular flexibility index (Phi) is 11.2. The standard InChI is InChI=1S/C33H38N4O6/c1-3-5-6-13-18-43-33(41)35-26-19-23(21-34-22-26)20-27-29(31(39)42-4-2)37(30(27)38)32(40)36-28(24-14-9-7-10-15-24)25-16-11-8-12-17-25/h7-12,14-17,19,21-22,27-29H,3-6,13,18,20H2,1-2H3,(H,35,41)(H,36,40)/t27-,29+/m1/s1. The van der Waals surface area contributed by atoms with Gasteiger partial charge in [-0.1, -0.05) is 86.8 Å². The summed E-state index contributed by atoms with van der Waals surface area (Å²) in [6.07, 6.45) is 6.53. The van der Waals surface area contributed by atoms with E-state index >= 15 is 0 Å². The van der Waals surface area contributed by atoms with E-state index in [1.165, 1.54) is 6.20 Å². The van der Waals surface area contributed by atoms with Gasteiger partial charge in [0.1, 0.15) is 0 Å². The van der Waals surface area contributed by atoms with Crippen molar-refractivity contribution in [2.24, 2.45) is 5.92 Å². The van der Waals surface area contributed by atoms with E-state index < -0.39 is 42.0 Å². The molecule has 226 valence electrons. The molecule has 0 aliphatic carbocycles. The molecule has 1 aliphatic heterocycles. The highest BCUT2D eigenvalue weighted by atomic mass is 16.5. The maximum absolute atomic E-state index is 13.5. The molecule has 0 spiro atoms. The zero-order chi connectivity index (χ0) is 30.6. The summed E-state index contributed by atoms with van der Waals surface area (Å²) < 4.78 is 10.5. The highest BCUT2D eigenvalue weighted by Gasteiger charge is 2.55. The van der Waals surface area contributed by atoms with Crippen molar-refractivity contribution in [3.8, 4) is 0 Å². The van der Waals surface area contributed by atoms with Gasteiger partial charge in [0, 0.05) is 6.20 Å². The van der Waals surface area contributed by atoms with Crippen molar-refractivity contribution in [1.82, 2.24) is 15.2 Å². The van der Waals surface area contributed by atoms with Gasteiger partial charge in [0.25, 0.3) is 0 Å². The summed E-state index contributed by atoms with van der Waals surface area (Å²) in [7, 11) is 0. The minimum atomic E-state index is -1.11. The third-order valence-electron chi connectivity index (χ3n) is 7.22. The third kappa shape index (κ3) is 8.18. The van der Waals surface area contributed by atoms with Crippen LogP contribution in [-0.4, -0.2) is 53.1 Å². The molecule has 10 heteroatoms. The second-order valence-corrected chi connectivity index (χ2v) is 10.3. The smallest absolute Gasteiger partial charge is 0.411 e. The molecule has 1 aromatic heterocycles. The molecule has 1 saturated heterocycles. The second kappa shape index (κ2) is 15.5. The van der Waals surface area contributed by atoms with Gasteiger partial charge < -0.3 is 14.8 Å². The van der Waals surface area contributed by atoms with Crippen molar-refractivity contribution in [1.29, 1.82) is 0 Å². The van der Waals surface area contributed by atoms with E-state index in [9.17, 15) is 19.2 Å². The zero-order valence-electron chi connectivity index (χ0n) is 24.5. The Morgan fingerprint density at radius 2 is 1.58 bits per heavy atom. The van der Waals surface area contributed by atoms with Crippen LogP contribution in [-0.2, 0) is 25.5 Å². The quantitative estimate of drug-likeness (QED) is 0.151. The molecule has 43 heavy (non-hydrogen) atoms. The largest absolute Gasteiger partial charge is 0.464 e. The predicted octanol–water partition coefficient (Wildman–Crippen LogP) is 5.64. The maximum atomic E-state index is 13.5. The van der Waals surface area contributed by atoms with Crippen molar-refractivity contribution >= 4 is 29.7 Å². The summed E-state index contributed by atoms with van der Waals surface area (Å²) >= 11 is 0. The lowest BCUT2D eigenvalue weighted by Gasteiger charge is -2.44. The highest BCUT2D eigenvalue weighted by Crippen LogP contribution is 2.33. The molecule has 0 saturated carbocycles. The summed E-state index contributed by atoms with van der Waals surface area (Å²) in [6, 6.07) is 18.1. The van der Waals surface area contributed by atoms with Gasteiger partial charge in [-0.25, -0.2) is 19.3 Å². The summed E-state index contributed by atoms with van der Waals surface area (Å²) in [5.41, 5.74) is 2.67. The Morgan fingerprint density at radius 1 is 0.907 bits per heavy atom. The number of carbonyl (C=O) groups excluding carboxylic acids is 4. The number of anilines is 1. The minimum Gasteiger partial charge on any atom is -0.464 e. The molecular formula is C33H38N4O6. The van der Waals surface area contributed by atoms with Crippen LogP contribution < -0.4 is 10.6 Å². The fourth-order valence-corrected chi connectivity index (χ4v) is 5.08. The average molecular weight is 587 g/mol. The number of esters is 1. The molecule has 2 atom stereocenters. The van der Waals surface area contributed by atoms with Crippen LogP contribution in [0.25, 0.3) is 0 Å². The van der Waals surface area contributed by atoms with E-state index in [0.717, 1.165) is 41.7 Å². The number of benzene rings is 2. The van der Waals surface area contributed by atoms with Gasteiger partial charge in [-0.05, 0) is 42.5 Å². The van der Waals surface area contributed by atoms with Gasteiger partial charge in [0.15, 0.2) is 6.04 Å². The predicted molar refractivity (Wildman–Crippen MR) is 161 cm³/mol.